The van der Waals surface area contributed by atoms with Crippen LogP contribution in [0.2, 0.25) is 0 Å². The first-order valence-corrected chi connectivity index (χ1v) is 9.58. The van der Waals surface area contributed by atoms with Gasteiger partial charge in [-0.3, -0.25) is 0 Å². The summed E-state index contributed by atoms with van der Waals surface area (Å²) in [6.07, 6.45) is 4.30. The van der Waals surface area contributed by atoms with E-state index in [9.17, 15) is 0 Å². The molecule has 3 aromatic rings. The van der Waals surface area contributed by atoms with Crippen LogP contribution in [-0.2, 0) is 0 Å². The van der Waals surface area contributed by atoms with Crippen LogP contribution < -0.4 is 20.3 Å². The molecular formula is C22H25N5O. The van der Waals surface area contributed by atoms with Crippen LogP contribution in [0.4, 0.5) is 28.8 Å². The average Bonchev–Trinajstić information content (AvgIpc) is 3.24. The second kappa shape index (κ2) is 8.17. The molecule has 1 aromatic heterocycles. The predicted octanol–water partition coefficient (Wildman–Crippen LogP) is 4.88. The zero-order chi connectivity index (χ0) is 19.3. The lowest BCUT2D eigenvalue weighted by molar-refractivity contribution is 0.416. The Morgan fingerprint density at radius 1 is 0.964 bits per heavy atom. The van der Waals surface area contributed by atoms with Crippen LogP contribution in [0, 0.1) is 6.92 Å². The molecule has 0 aliphatic carbocycles. The van der Waals surface area contributed by atoms with Gasteiger partial charge in [0.25, 0.3) is 0 Å². The second-order valence-corrected chi connectivity index (χ2v) is 6.96. The van der Waals surface area contributed by atoms with Crippen molar-refractivity contribution in [2.24, 2.45) is 0 Å². The van der Waals surface area contributed by atoms with Crippen molar-refractivity contribution in [2.75, 3.05) is 35.7 Å². The highest BCUT2D eigenvalue weighted by Crippen LogP contribution is 2.28. The molecule has 0 saturated carbocycles. The van der Waals surface area contributed by atoms with Gasteiger partial charge in [-0.1, -0.05) is 6.07 Å². The standard InChI is InChI=1S/C22H25N5O/c1-16-5-10-20(28-2)19(15-16)25-22-23-12-11-21(26-22)24-17-6-8-18(9-7-17)27-13-3-4-14-27/h5-12,15H,3-4,13-14H2,1-2H3,(H2,23,24,25,26). The molecule has 4 rings (SSSR count). The molecular weight excluding hydrogens is 350 g/mol. The van der Waals surface area contributed by atoms with Crippen molar-refractivity contribution in [1.82, 2.24) is 9.97 Å². The molecule has 0 atom stereocenters. The highest BCUT2D eigenvalue weighted by molar-refractivity contribution is 5.65. The summed E-state index contributed by atoms with van der Waals surface area (Å²) in [5.41, 5.74) is 4.26. The van der Waals surface area contributed by atoms with E-state index in [0.717, 1.165) is 41.6 Å². The fourth-order valence-electron chi connectivity index (χ4n) is 3.41. The van der Waals surface area contributed by atoms with Gasteiger partial charge in [0.05, 0.1) is 12.8 Å². The van der Waals surface area contributed by atoms with E-state index in [1.54, 1.807) is 13.3 Å². The van der Waals surface area contributed by atoms with Gasteiger partial charge < -0.3 is 20.3 Å². The summed E-state index contributed by atoms with van der Waals surface area (Å²) in [5, 5.41) is 6.59. The number of ether oxygens (including phenoxy) is 1. The van der Waals surface area contributed by atoms with E-state index < -0.39 is 0 Å². The Kier molecular flexibility index (Phi) is 5.28. The first-order valence-electron chi connectivity index (χ1n) is 9.58. The Morgan fingerprint density at radius 3 is 2.50 bits per heavy atom. The maximum absolute atomic E-state index is 5.41. The summed E-state index contributed by atoms with van der Waals surface area (Å²) in [6.45, 7) is 4.33. The number of anilines is 5. The minimum atomic E-state index is 0.516. The van der Waals surface area contributed by atoms with Gasteiger partial charge >= 0.3 is 0 Å². The Labute approximate surface area is 165 Å². The van der Waals surface area contributed by atoms with Gasteiger partial charge in [0, 0.05) is 30.7 Å². The van der Waals surface area contributed by atoms with Crippen molar-refractivity contribution in [3.05, 3.63) is 60.3 Å². The monoisotopic (exact) mass is 375 g/mol. The normalized spacial score (nSPS) is 13.4. The van der Waals surface area contributed by atoms with Gasteiger partial charge in [-0.2, -0.15) is 4.98 Å². The van der Waals surface area contributed by atoms with Crippen molar-refractivity contribution >= 4 is 28.8 Å². The minimum absolute atomic E-state index is 0.516. The summed E-state index contributed by atoms with van der Waals surface area (Å²) < 4.78 is 5.41. The number of hydrogen-bond acceptors (Lipinski definition) is 6. The molecule has 28 heavy (non-hydrogen) atoms. The largest absolute Gasteiger partial charge is 0.495 e. The summed E-state index contributed by atoms with van der Waals surface area (Å²) >= 11 is 0. The molecule has 2 aromatic carbocycles. The van der Waals surface area contributed by atoms with Crippen molar-refractivity contribution in [1.29, 1.82) is 0 Å². The SMILES string of the molecule is COc1ccc(C)cc1Nc1nccc(Nc2ccc(N3CCCC3)cc2)n1. The number of methoxy groups -OCH3 is 1. The molecule has 0 amide bonds. The smallest absolute Gasteiger partial charge is 0.229 e. The summed E-state index contributed by atoms with van der Waals surface area (Å²) in [6, 6.07) is 16.3. The third-order valence-corrected chi connectivity index (χ3v) is 4.87. The zero-order valence-corrected chi connectivity index (χ0v) is 16.3. The topological polar surface area (TPSA) is 62.3 Å². The van der Waals surface area contributed by atoms with Crippen LogP contribution in [0.1, 0.15) is 18.4 Å². The number of nitrogens with one attached hydrogen (secondary N) is 2. The van der Waals surface area contributed by atoms with Crippen LogP contribution in [0.5, 0.6) is 5.75 Å². The molecule has 0 bridgehead atoms. The van der Waals surface area contributed by atoms with Crippen molar-refractivity contribution in [3.63, 3.8) is 0 Å². The zero-order valence-electron chi connectivity index (χ0n) is 16.3. The van der Waals surface area contributed by atoms with E-state index in [1.165, 1.54) is 18.5 Å². The molecule has 144 valence electrons. The van der Waals surface area contributed by atoms with Crippen LogP contribution in [0.15, 0.2) is 54.7 Å². The van der Waals surface area contributed by atoms with Gasteiger partial charge in [0.15, 0.2) is 0 Å². The molecule has 0 radical (unpaired) electrons. The summed E-state index contributed by atoms with van der Waals surface area (Å²) in [4.78, 5) is 11.3. The molecule has 1 fully saturated rings. The van der Waals surface area contributed by atoms with Gasteiger partial charge in [0.1, 0.15) is 11.6 Å². The lowest BCUT2D eigenvalue weighted by atomic mass is 10.2. The van der Waals surface area contributed by atoms with E-state index in [4.69, 9.17) is 4.74 Å². The number of rotatable bonds is 6. The van der Waals surface area contributed by atoms with Crippen LogP contribution >= 0.6 is 0 Å². The predicted molar refractivity (Wildman–Crippen MR) is 114 cm³/mol. The first-order chi connectivity index (χ1) is 13.7. The van der Waals surface area contributed by atoms with Gasteiger partial charge in [0.2, 0.25) is 5.95 Å². The third-order valence-electron chi connectivity index (χ3n) is 4.87. The van der Waals surface area contributed by atoms with Crippen LogP contribution in [0.25, 0.3) is 0 Å². The van der Waals surface area contributed by atoms with Crippen molar-refractivity contribution in [3.8, 4) is 5.75 Å². The summed E-state index contributed by atoms with van der Waals surface area (Å²) in [7, 11) is 1.65. The number of aryl methyl sites for hydroxylation is 1. The molecule has 2 heterocycles. The molecule has 0 unspecified atom stereocenters. The lowest BCUT2D eigenvalue weighted by Crippen LogP contribution is -2.17. The number of benzene rings is 2. The molecule has 2 N–H and O–H groups in total. The van der Waals surface area contributed by atoms with Crippen LogP contribution in [0.3, 0.4) is 0 Å². The average molecular weight is 375 g/mol. The molecule has 6 heteroatoms. The number of hydrogen-bond donors (Lipinski definition) is 2. The van der Waals surface area contributed by atoms with Gasteiger partial charge in [-0.25, -0.2) is 4.98 Å². The fourth-order valence-corrected chi connectivity index (χ4v) is 3.41. The Morgan fingerprint density at radius 2 is 1.75 bits per heavy atom. The van der Waals surface area contributed by atoms with E-state index >= 15 is 0 Å². The van der Waals surface area contributed by atoms with E-state index in [0.29, 0.717) is 5.95 Å². The maximum Gasteiger partial charge on any atom is 0.229 e. The molecule has 0 spiro atoms. The van der Waals surface area contributed by atoms with Gasteiger partial charge in [-0.05, 0) is 67.8 Å². The highest BCUT2D eigenvalue weighted by atomic mass is 16.5. The molecule has 1 aliphatic heterocycles. The molecule has 1 saturated heterocycles. The third kappa shape index (κ3) is 4.17. The van der Waals surface area contributed by atoms with Crippen molar-refractivity contribution in [2.45, 2.75) is 19.8 Å². The molecule has 1 aliphatic rings. The Bertz CT molecular complexity index is 936. The quantitative estimate of drug-likeness (QED) is 0.640. The Balaban J connectivity index is 1.47. The fraction of sp³-hybridized carbons (Fsp3) is 0.273. The number of nitrogens with zero attached hydrogens (tertiary/aromatic N) is 3. The van der Waals surface area contributed by atoms with E-state index in [1.807, 2.05) is 31.2 Å². The van der Waals surface area contributed by atoms with Crippen molar-refractivity contribution < 1.29 is 4.74 Å². The highest BCUT2D eigenvalue weighted by Gasteiger charge is 2.12. The van der Waals surface area contributed by atoms with Gasteiger partial charge in [-0.15, -0.1) is 0 Å². The molecule has 6 nitrogen and oxygen atoms in total. The number of aromatic nitrogens is 2. The summed E-state index contributed by atoms with van der Waals surface area (Å²) in [5.74, 6) is 2.01. The maximum atomic E-state index is 5.41. The van der Waals surface area contributed by atoms with Crippen LogP contribution in [-0.4, -0.2) is 30.2 Å². The van der Waals surface area contributed by atoms with E-state index in [-0.39, 0.29) is 0 Å². The minimum Gasteiger partial charge on any atom is -0.495 e. The van der Waals surface area contributed by atoms with E-state index in [2.05, 4.69) is 49.8 Å². The Hall–Kier alpha value is -3.28. The second-order valence-electron chi connectivity index (χ2n) is 6.96. The lowest BCUT2D eigenvalue weighted by Gasteiger charge is -2.18. The first kappa shape index (κ1) is 18.1.